The molecule has 2 aromatic rings. The number of nitrogens with zero attached hydrogens (tertiary/aromatic N) is 1. The molecule has 1 amide bonds. The van der Waals surface area contributed by atoms with Crippen LogP contribution in [-0.2, 0) is 9.59 Å². The van der Waals surface area contributed by atoms with Crippen LogP contribution in [0.25, 0.3) is 0 Å². The van der Waals surface area contributed by atoms with E-state index in [1.165, 1.54) is 6.92 Å². The summed E-state index contributed by atoms with van der Waals surface area (Å²) >= 11 is 0. The predicted octanol–water partition coefficient (Wildman–Crippen LogP) is 4.58. The van der Waals surface area contributed by atoms with Crippen molar-refractivity contribution in [2.75, 3.05) is 13.7 Å². The Balaban J connectivity index is 1.92. The minimum Gasteiger partial charge on any atom is -0.496 e. The maximum absolute atomic E-state index is 13.2. The lowest BCUT2D eigenvalue weighted by atomic mass is 9.83. The number of carbonyl (C=O) groups is 3. The fraction of sp³-hybridized carbons (Fsp3) is 0.400. The fourth-order valence-corrected chi connectivity index (χ4v) is 4.04. The third-order valence-electron chi connectivity index (χ3n) is 5.70. The van der Waals surface area contributed by atoms with Gasteiger partial charge in [-0.1, -0.05) is 31.5 Å². The summed E-state index contributed by atoms with van der Waals surface area (Å²) in [6.07, 6.45) is 2.51. The number of hydrogen-bond acceptors (Lipinski definition) is 5. The molecule has 1 aliphatic heterocycles. The van der Waals surface area contributed by atoms with Crippen LogP contribution >= 0.6 is 0 Å². The number of esters is 1. The fourth-order valence-electron chi connectivity index (χ4n) is 4.04. The van der Waals surface area contributed by atoms with Crippen LogP contribution in [0.1, 0.15) is 61.5 Å². The van der Waals surface area contributed by atoms with Gasteiger partial charge in [-0.05, 0) is 50.1 Å². The molecule has 6 nitrogen and oxygen atoms in total. The number of ether oxygens (including phenoxy) is 2. The second-order valence-electron chi connectivity index (χ2n) is 7.77. The van der Waals surface area contributed by atoms with Crippen molar-refractivity contribution < 1.29 is 23.9 Å². The standard InChI is InChI=1S/C25H29NO5/c1-4-5-16-26-23(28)15-14-21(24(26)20-8-6-7-9-22(20)30-3)25(29)31-19-12-10-18(11-13-19)17(2)27/h6-13,21,24H,4-5,14-16H2,1-3H3/t21-,24+/m0/s1. The van der Waals surface area contributed by atoms with Crippen molar-refractivity contribution in [1.29, 1.82) is 0 Å². The van der Waals surface area contributed by atoms with Gasteiger partial charge in [-0.25, -0.2) is 0 Å². The molecule has 0 unspecified atom stereocenters. The van der Waals surface area contributed by atoms with Crippen LogP contribution < -0.4 is 9.47 Å². The minimum atomic E-state index is -0.515. The number of ketones is 1. The van der Waals surface area contributed by atoms with E-state index in [9.17, 15) is 14.4 Å². The number of Topliss-reactive ketones (excluding diaryl/α,β-unsaturated/α-hetero) is 1. The Morgan fingerprint density at radius 2 is 1.81 bits per heavy atom. The molecule has 1 heterocycles. The Kier molecular flexibility index (Phi) is 7.45. The smallest absolute Gasteiger partial charge is 0.316 e. The highest BCUT2D eigenvalue weighted by Gasteiger charge is 2.42. The maximum Gasteiger partial charge on any atom is 0.316 e. The van der Waals surface area contributed by atoms with E-state index in [0.29, 0.717) is 36.4 Å². The Morgan fingerprint density at radius 3 is 2.45 bits per heavy atom. The number of likely N-dealkylation sites (tertiary alicyclic amines) is 1. The molecule has 0 aromatic heterocycles. The monoisotopic (exact) mass is 423 g/mol. The number of rotatable bonds is 8. The second-order valence-corrected chi connectivity index (χ2v) is 7.77. The summed E-state index contributed by atoms with van der Waals surface area (Å²) in [7, 11) is 1.59. The molecule has 0 aliphatic carbocycles. The van der Waals surface area contributed by atoms with Gasteiger partial charge in [0.2, 0.25) is 5.91 Å². The summed E-state index contributed by atoms with van der Waals surface area (Å²) in [4.78, 5) is 39.3. The van der Waals surface area contributed by atoms with E-state index >= 15 is 0 Å². The Morgan fingerprint density at radius 1 is 1.10 bits per heavy atom. The van der Waals surface area contributed by atoms with E-state index < -0.39 is 12.0 Å². The Labute approximate surface area is 183 Å². The molecular formula is C25H29NO5. The summed E-state index contributed by atoms with van der Waals surface area (Å²) < 4.78 is 11.2. The van der Waals surface area contributed by atoms with Gasteiger partial charge in [-0.15, -0.1) is 0 Å². The van der Waals surface area contributed by atoms with E-state index in [0.717, 1.165) is 18.4 Å². The minimum absolute atomic E-state index is 0.0409. The second kappa shape index (κ2) is 10.2. The maximum atomic E-state index is 13.2. The number of carbonyl (C=O) groups excluding carboxylic acids is 3. The zero-order chi connectivity index (χ0) is 22.4. The number of unbranched alkanes of at least 4 members (excludes halogenated alkanes) is 1. The van der Waals surface area contributed by atoms with Gasteiger partial charge in [-0.3, -0.25) is 14.4 Å². The van der Waals surface area contributed by atoms with Gasteiger partial charge in [0.05, 0.1) is 19.1 Å². The highest BCUT2D eigenvalue weighted by atomic mass is 16.5. The third-order valence-corrected chi connectivity index (χ3v) is 5.70. The zero-order valence-corrected chi connectivity index (χ0v) is 18.3. The molecule has 164 valence electrons. The van der Waals surface area contributed by atoms with Gasteiger partial charge in [-0.2, -0.15) is 0 Å². The number of piperidine rings is 1. The number of amides is 1. The van der Waals surface area contributed by atoms with Gasteiger partial charge < -0.3 is 14.4 Å². The average molecular weight is 424 g/mol. The molecule has 1 saturated heterocycles. The summed E-state index contributed by atoms with van der Waals surface area (Å²) in [6, 6.07) is 13.6. The molecule has 0 bridgehead atoms. The van der Waals surface area contributed by atoms with E-state index in [-0.39, 0.29) is 17.7 Å². The highest BCUT2D eigenvalue weighted by molar-refractivity contribution is 5.94. The number of hydrogen-bond donors (Lipinski definition) is 0. The lowest BCUT2D eigenvalue weighted by Crippen LogP contribution is -2.46. The Bertz CT molecular complexity index is 937. The van der Waals surface area contributed by atoms with E-state index in [2.05, 4.69) is 6.92 Å². The van der Waals surface area contributed by atoms with Gasteiger partial charge in [0.25, 0.3) is 0 Å². The number of para-hydroxylation sites is 1. The normalized spacial score (nSPS) is 18.5. The molecular weight excluding hydrogens is 394 g/mol. The van der Waals surface area contributed by atoms with Crippen molar-refractivity contribution in [3.05, 3.63) is 59.7 Å². The topological polar surface area (TPSA) is 72.9 Å². The van der Waals surface area contributed by atoms with Crippen molar-refractivity contribution in [1.82, 2.24) is 4.90 Å². The van der Waals surface area contributed by atoms with Crippen LogP contribution in [0.2, 0.25) is 0 Å². The average Bonchev–Trinajstić information content (AvgIpc) is 2.78. The highest BCUT2D eigenvalue weighted by Crippen LogP contribution is 2.41. The number of methoxy groups -OCH3 is 1. The quantitative estimate of drug-likeness (QED) is 0.353. The lowest BCUT2D eigenvalue weighted by molar-refractivity contribution is -0.150. The largest absolute Gasteiger partial charge is 0.496 e. The Hall–Kier alpha value is -3.15. The summed E-state index contributed by atoms with van der Waals surface area (Å²) in [5, 5.41) is 0. The van der Waals surface area contributed by atoms with Crippen molar-refractivity contribution in [2.45, 2.75) is 45.6 Å². The molecule has 0 spiro atoms. The van der Waals surface area contributed by atoms with E-state index in [4.69, 9.17) is 9.47 Å². The van der Waals surface area contributed by atoms with E-state index in [1.807, 2.05) is 24.3 Å². The third kappa shape index (κ3) is 5.13. The van der Waals surface area contributed by atoms with E-state index in [1.54, 1.807) is 36.3 Å². The molecule has 2 aromatic carbocycles. The van der Waals surface area contributed by atoms with Crippen molar-refractivity contribution >= 4 is 17.7 Å². The first kappa shape index (κ1) is 22.5. The van der Waals surface area contributed by atoms with Gasteiger partial charge in [0, 0.05) is 24.1 Å². The van der Waals surface area contributed by atoms with Crippen LogP contribution in [0.15, 0.2) is 48.5 Å². The summed E-state index contributed by atoms with van der Waals surface area (Å²) in [5.41, 5.74) is 1.36. The van der Waals surface area contributed by atoms with Crippen molar-refractivity contribution in [3.8, 4) is 11.5 Å². The molecule has 1 fully saturated rings. The van der Waals surface area contributed by atoms with Crippen LogP contribution in [0, 0.1) is 5.92 Å². The first-order chi connectivity index (χ1) is 15.0. The number of benzene rings is 2. The summed E-state index contributed by atoms with van der Waals surface area (Å²) in [5.74, 6) is 0.114. The molecule has 0 saturated carbocycles. The van der Waals surface area contributed by atoms with Crippen molar-refractivity contribution in [3.63, 3.8) is 0 Å². The molecule has 0 N–H and O–H groups in total. The van der Waals surface area contributed by atoms with Gasteiger partial charge in [0.15, 0.2) is 5.78 Å². The van der Waals surface area contributed by atoms with Crippen LogP contribution in [0.3, 0.4) is 0 Å². The van der Waals surface area contributed by atoms with Crippen LogP contribution in [0.5, 0.6) is 11.5 Å². The van der Waals surface area contributed by atoms with Crippen molar-refractivity contribution in [2.24, 2.45) is 5.92 Å². The molecule has 31 heavy (non-hydrogen) atoms. The molecule has 1 aliphatic rings. The molecule has 3 rings (SSSR count). The SMILES string of the molecule is CCCCN1C(=O)CC[C@H](C(=O)Oc2ccc(C(C)=O)cc2)[C@H]1c1ccccc1OC. The molecule has 2 atom stereocenters. The summed E-state index contributed by atoms with van der Waals surface area (Å²) in [6.45, 7) is 4.14. The zero-order valence-electron chi connectivity index (χ0n) is 18.3. The predicted molar refractivity (Wildman–Crippen MR) is 117 cm³/mol. The van der Waals surface area contributed by atoms with Gasteiger partial charge in [0.1, 0.15) is 11.5 Å². The molecule has 0 radical (unpaired) electrons. The van der Waals surface area contributed by atoms with Crippen LogP contribution in [0.4, 0.5) is 0 Å². The first-order valence-electron chi connectivity index (χ1n) is 10.7. The lowest BCUT2D eigenvalue weighted by Gasteiger charge is -2.40. The molecule has 6 heteroatoms. The van der Waals surface area contributed by atoms with Gasteiger partial charge >= 0.3 is 5.97 Å². The first-order valence-corrected chi connectivity index (χ1v) is 10.7. The van der Waals surface area contributed by atoms with Crippen LogP contribution in [-0.4, -0.2) is 36.2 Å².